The highest BCUT2D eigenvalue weighted by molar-refractivity contribution is 6.01. The van der Waals surface area contributed by atoms with Gasteiger partial charge in [-0.3, -0.25) is 9.59 Å². The number of esters is 1. The van der Waals surface area contributed by atoms with E-state index in [1.165, 1.54) is 26.5 Å². The summed E-state index contributed by atoms with van der Waals surface area (Å²) < 4.78 is 16.6. The summed E-state index contributed by atoms with van der Waals surface area (Å²) in [6.45, 7) is 9.28. The fraction of sp³-hybridized carbons (Fsp3) is 0.545. The predicted octanol–water partition coefficient (Wildman–Crippen LogP) is 4.93. The maximum absolute atomic E-state index is 12.4. The number of ketones is 1. The van der Waals surface area contributed by atoms with E-state index in [9.17, 15) is 9.59 Å². The second-order valence-corrected chi connectivity index (χ2v) is 7.53. The van der Waals surface area contributed by atoms with E-state index in [1.807, 2.05) is 0 Å². The van der Waals surface area contributed by atoms with Crippen molar-refractivity contribution in [1.82, 2.24) is 0 Å². The van der Waals surface area contributed by atoms with Crippen molar-refractivity contribution in [2.24, 2.45) is 11.8 Å². The van der Waals surface area contributed by atoms with Crippen LogP contribution in [0, 0.1) is 11.8 Å². The van der Waals surface area contributed by atoms with Gasteiger partial charge in [-0.1, -0.05) is 25.5 Å². The molecule has 0 aromatic heterocycles. The molecule has 0 saturated carbocycles. The molecule has 0 bridgehead atoms. The van der Waals surface area contributed by atoms with Crippen LogP contribution in [-0.4, -0.2) is 26.0 Å². The lowest BCUT2D eigenvalue weighted by Gasteiger charge is -2.35. The minimum absolute atomic E-state index is 0.00736. The van der Waals surface area contributed by atoms with Crippen molar-refractivity contribution in [3.8, 4) is 17.2 Å². The van der Waals surface area contributed by atoms with E-state index in [-0.39, 0.29) is 23.0 Å². The maximum atomic E-state index is 12.4. The molecule has 0 heterocycles. The van der Waals surface area contributed by atoms with Gasteiger partial charge in [-0.05, 0) is 38.5 Å². The molecule has 5 nitrogen and oxygen atoms in total. The monoisotopic (exact) mass is 374 g/mol. The third-order valence-corrected chi connectivity index (χ3v) is 5.27. The number of methoxy groups -OCH3 is 2. The molecular weight excluding hydrogens is 344 g/mol. The lowest BCUT2D eigenvalue weighted by atomic mass is 9.71. The molecular formula is C22H30O5. The quantitative estimate of drug-likeness (QED) is 0.306. The van der Waals surface area contributed by atoms with Crippen molar-refractivity contribution in [2.75, 3.05) is 14.2 Å². The van der Waals surface area contributed by atoms with Crippen LogP contribution in [0.4, 0.5) is 0 Å². The number of carbonyl (C=O) groups is 2. The first-order valence-corrected chi connectivity index (χ1v) is 9.36. The standard InChI is InChI=1S/C22H30O5/c1-12(2)16-9-8-13(3)10-17(16)21-19(26-7)11-18(25-6)20(14(4)23)22(21)27-15(5)24/h10-12,16-17H,8-9H2,1-7H3. The molecule has 0 radical (unpaired) electrons. The lowest BCUT2D eigenvalue weighted by molar-refractivity contribution is -0.131. The van der Waals surface area contributed by atoms with Gasteiger partial charge in [0.25, 0.3) is 0 Å². The molecule has 0 spiro atoms. The van der Waals surface area contributed by atoms with Crippen molar-refractivity contribution in [2.45, 2.75) is 53.4 Å². The number of Topliss-reactive ketones (excluding diaryl/α,β-unsaturated/α-hetero) is 1. The molecule has 1 aromatic rings. The average Bonchev–Trinajstić information content (AvgIpc) is 2.59. The fourth-order valence-electron chi connectivity index (χ4n) is 3.99. The first kappa shape index (κ1) is 21.0. The number of hydrogen-bond donors (Lipinski definition) is 0. The number of carbonyl (C=O) groups excluding carboxylic acids is 2. The van der Waals surface area contributed by atoms with Crippen molar-refractivity contribution in [3.63, 3.8) is 0 Å². The smallest absolute Gasteiger partial charge is 0.308 e. The Labute approximate surface area is 161 Å². The molecule has 1 aliphatic rings. The predicted molar refractivity (Wildman–Crippen MR) is 105 cm³/mol. The number of hydrogen-bond acceptors (Lipinski definition) is 5. The van der Waals surface area contributed by atoms with Crippen LogP contribution in [0.1, 0.15) is 69.3 Å². The summed E-state index contributed by atoms with van der Waals surface area (Å²) in [5, 5.41) is 0. The summed E-state index contributed by atoms with van der Waals surface area (Å²) in [5.41, 5.74) is 2.31. The molecule has 0 aliphatic heterocycles. The van der Waals surface area contributed by atoms with E-state index in [0.717, 1.165) is 18.4 Å². The molecule has 0 N–H and O–H groups in total. The molecule has 148 valence electrons. The Morgan fingerprint density at radius 2 is 1.74 bits per heavy atom. The first-order valence-electron chi connectivity index (χ1n) is 9.36. The second kappa shape index (κ2) is 8.59. The van der Waals surface area contributed by atoms with Crippen LogP contribution in [0.2, 0.25) is 0 Å². The summed E-state index contributed by atoms with van der Waals surface area (Å²) >= 11 is 0. The van der Waals surface area contributed by atoms with Crippen LogP contribution in [0.5, 0.6) is 17.2 Å². The number of allylic oxidation sites excluding steroid dienone is 2. The Hall–Kier alpha value is -2.30. The summed E-state index contributed by atoms with van der Waals surface area (Å²) in [4.78, 5) is 24.3. The summed E-state index contributed by atoms with van der Waals surface area (Å²) in [5.74, 6) is 1.24. The van der Waals surface area contributed by atoms with Gasteiger partial charge in [0.2, 0.25) is 0 Å². The molecule has 2 rings (SSSR count). The molecule has 5 heteroatoms. The van der Waals surface area contributed by atoms with Crippen LogP contribution < -0.4 is 14.2 Å². The van der Waals surface area contributed by atoms with Gasteiger partial charge in [-0.25, -0.2) is 0 Å². The van der Waals surface area contributed by atoms with Crippen molar-refractivity contribution in [1.29, 1.82) is 0 Å². The zero-order valence-corrected chi connectivity index (χ0v) is 17.3. The third kappa shape index (κ3) is 4.34. The SMILES string of the molecule is COc1cc(OC)c(C2C=C(C)CCC2C(C)C)c(OC(C)=O)c1C(C)=O. The third-order valence-electron chi connectivity index (χ3n) is 5.27. The zero-order chi connectivity index (χ0) is 20.3. The van der Waals surface area contributed by atoms with Gasteiger partial charge in [0.1, 0.15) is 17.1 Å². The van der Waals surface area contributed by atoms with Gasteiger partial charge in [-0.15, -0.1) is 0 Å². The van der Waals surface area contributed by atoms with E-state index < -0.39 is 5.97 Å². The molecule has 2 atom stereocenters. The second-order valence-electron chi connectivity index (χ2n) is 7.53. The van der Waals surface area contributed by atoms with E-state index in [2.05, 4.69) is 26.8 Å². The van der Waals surface area contributed by atoms with Crippen LogP contribution in [0.3, 0.4) is 0 Å². The minimum atomic E-state index is -0.480. The molecule has 0 saturated heterocycles. The first-order chi connectivity index (χ1) is 12.7. The molecule has 27 heavy (non-hydrogen) atoms. The lowest BCUT2D eigenvalue weighted by Crippen LogP contribution is -2.23. The Balaban J connectivity index is 2.86. The van der Waals surface area contributed by atoms with E-state index in [0.29, 0.717) is 23.3 Å². The van der Waals surface area contributed by atoms with Gasteiger partial charge in [0.15, 0.2) is 11.5 Å². The molecule has 1 aromatic carbocycles. The highest BCUT2D eigenvalue weighted by Gasteiger charge is 2.35. The van der Waals surface area contributed by atoms with Crippen LogP contribution in [0.15, 0.2) is 17.7 Å². The average molecular weight is 374 g/mol. The van der Waals surface area contributed by atoms with Crippen molar-refractivity contribution in [3.05, 3.63) is 28.8 Å². The van der Waals surface area contributed by atoms with E-state index in [1.54, 1.807) is 13.2 Å². The van der Waals surface area contributed by atoms with Gasteiger partial charge < -0.3 is 14.2 Å². The van der Waals surface area contributed by atoms with Gasteiger partial charge in [0.05, 0.1) is 14.2 Å². The minimum Gasteiger partial charge on any atom is -0.496 e. The molecule has 2 unspecified atom stereocenters. The Morgan fingerprint density at radius 1 is 1.11 bits per heavy atom. The Bertz CT molecular complexity index is 760. The highest BCUT2D eigenvalue weighted by atomic mass is 16.5. The number of ether oxygens (including phenoxy) is 3. The summed E-state index contributed by atoms with van der Waals surface area (Å²) in [6.07, 6.45) is 4.30. The molecule has 1 aliphatic carbocycles. The van der Waals surface area contributed by atoms with Crippen LogP contribution >= 0.6 is 0 Å². The fourth-order valence-corrected chi connectivity index (χ4v) is 3.99. The zero-order valence-electron chi connectivity index (χ0n) is 17.3. The largest absolute Gasteiger partial charge is 0.496 e. The normalized spacial score (nSPS) is 19.5. The number of benzene rings is 1. The Kier molecular flexibility index (Phi) is 6.68. The summed E-state index contributed by atoms with van der Waals surface area (Å²) in [6, 6.07) is 1.72. The summed E-state index contributed by atoms with van der Waals surface area (Å²) in [7, 11) is 3.06. The van der Waals surface area contributed by atoms with Crippen LogP contribution in [-0.2, 0) is 4.79 Å². The topological polar surface area (TPSA) is 61.8 Å². The van der Waals surface area contributed by atoms with Crippen LogP contribution in [0.25, 0.3) is 0 Å². The van der Waals surface area contributed by atoms with Crippen molar-refractivity contribution >= 4 is 11.8 Å². The molecule has 0 fully saturated rings. The maximum Gasteiger partial charge on any atom is 0.308 e. The number of rotatable bonds is 6. The van der Waals surface area contributed by atoms with Gasteiger partial charge in [0, 0.05) is 24.5 Å². The van der Waals surface area contributed by atoms with E-state index >= 15 is 0 Å². The van der Waals surface area contributed by atoms with Crippen molar-refractivity contribution < 1.29 is 23.8 Å². The van der Waals surface area contributed by atoms with E-state index in [4.69, 9.17) is 14.2 Å². The van der Waals surface area contributed by atoms with Gasteiger partial charge in [-0.2, -0.15) is 0 Å². The highest BCUT2D eigenvalue weighted by Crippen LogP contribution is 2.50. The van der Waals surface area contributed by atoms with Gasteiger partial charge >= 0.3 is 5.97 Å². The molecule has 0 amide bonds. The Morgan fingerprint density at radius 3 is 2.22 bits per heavy atom.